The average Bonchev–Trinajstić information content (AvgIpc) is 3.10. The summed E-state index contributed by atoms with van der Waals surface area (Å²) < 4.78 is 16.1. The normalized spacial score (nSPS) is 16.3. The van der Waals surface area contributed by atoms with Gasteiger partial charge in [-0.1, -0.05) is 12.1 Å². The van der Waals surface area contributed by atoms with E-state index in [-0.39, 0.29) is 0 Å². The van der Waals surface area contributed by atoms with E-state index >= 15 is 0 Å². The molecule has 0 spiro atoms. The highest BCUT2D eigenvalue weighted by Crippen LogP contribution is 2.31. The first-order valence-corrected chi connectivity index (χ1v) is 8.23. The van der Waals surface area contributed by atoms with Gasteiger partial charge in [-0.3, -0.25) is 4.90 Å². The van der Waals surface area contributed by atoms with Crippen molar-refractivity contribution in [1.82, 2.24) is 19.9 Å². The molecular formula is C17H24N4O3. The number of rotatable bonds is 6. The maximum absolute atomic E-state index is 5.43. The van der Waals surface area contributed by atoms with E-state index < -0.39 is 0 Å². The summed E-state index contributed by atoms with van der Waals surface area (Å²) in [5, 5.41) is 4.10. The summed E-state index contributed by atoms with van der Waals surface area (Å²) in [6.45, 7) is 8.21. The number of piperazine rings is 1. The van der Waals surface area contributed by atoms with Crippen molar-refractivity contribution in [2.45, 2.75) is 13.5 Å². The van der Waals surface area contributed by atoms with Crippen LogP contribution in [0.15, 0.2) is 22.7 Å². The van der Waals surface area contributed by atoms with Crippen LogP contribution in [-0.4, -0.2) is 66.9 Å². The molecular weight excluding hydrogens is 308 g/mol. The summed E-state index contributed by atoms with van der Waals surface area (Å²) in [6, 6.07) is 5.56. The molecule has 0 saturated carbocycles. The SMILES string of the molecule is CCN1CCN(Cc2nc(-c3ccc(OC)cc3OC)no2)CC1. The first-order chi connectivity index (χ1) is 11.7. The van der Waals surface area contributed by atoms with Crippen LogP contribution in [-0.2, 0) is 6.54 Å². The molecule has 7 heteroatoms. The molecule has 130 valence electrons. The molecule has 0 unspecified atom stereocenters. The molecule has 2 heterocycles. The monoisotopic (exact) mass is 332 g/mol. The molecule has 0 N–H and O–H groups in total. The lowest BCUT2D eigenvalue weighted by atomic mass is 10.2. The lowest BCUT2D eigenvalue weighted by Crippen LogP contribution is -2.45. The summed E-state index contributed by atoms with van der Waals surface area (Å²) >= 11 is 0. The second-order valence-corrected chi connectivity index (χ2v) is 5.79. The number of hydrogen-bond donors (Lipinski definition) is 0. The van der Waals surface area contributed by atoms with E-state index in [2.05, 4.69) is 26.9 Å². The predicted molar refractivity (Wildman–Crippen MR) is 90.2 cm³/mol. The van der Waals surface area contributed by atoms with E-state index in [4.69, 9.17) is 14.0 Å². The fourth-order valence-electron chi connectivity index (χ4n) is 2.87. The fraction of sp³-hybridized carbons (Fsp3) is 0.529. The molecule has 0 aliphatic carbocycles. The topological polar surface area (TPSA) is 63.9 Å². The molecule has 1 aromatic carbocycles. The van der Waals surface area contributed by atoms with E-state index in [1.54, 1.807) is 14.2 Å². The quantitative estimate of drug-likeness (QED) is 0.800. The predicted octanol–water partition coefficient (Wildman–Crippen LogP) is 1.89. The van der Waals surface area contributed by atoms with E-state index in [9.17, 15) is 0 Å². The van der Waals surface area contributed by atoms with Crippen LogP contribution in [0.25, 0.3) is 11.4 Å². The van der Waals surface area contributed by atoms with Gasteiger partial charge in [-0.05, 0) is 18.7 Å². The smallest absolute Gasteiger partial charge is 0.241 e. The van der Waals surface area contributed by atoms with Gasteiger partial charge in [0.05, 0.1) is 26.3 Å². The van der Waals surface area contributed by atoms with Crippen LogP contribution in [0.1, 0.15) is 12.8 Å². The van der Waals surface area contributed by atoms with Crippen molar-refractivity contribution < 1.29 is 14.0 Å². The first kappa shape index (κ1) is 16.7. The fourth-order valence-corrected chi connectivity index (χ4v) is 2.87. The second-order valence-electron chi connectivity index (χ2n) is 5.79. The van der Waals surface area contributed by atoms with Gasteiger partial charge in [0, 0.05) is 32.2 Å². The molecule has 2 aromatic rings. The first-order valence-electron chi connectivity index (χ1n) is 8.23. The van der Waals surface area contributed by atoms with Crippen molar-refractivity contribution in [2.24, 2.45) is 0 Å². The maximum Gasteiger partial charge on any atom is 0.241 e. The van der Waals surface area contributed by atoms with Gasteiger partial charge in [-0.25, -0.2) is 0 Å². The Labute approximate surface area is 142 Å². The minimum atomic E-state index is 0.539. The van der Waals surface area contributed by atoms with Gasteiger partial charge in [0.25, 0.3) is 0 Å². The van der Waals surface area contributed by atoms with Crippen molar-refractivity contribution >= 4 is 0 Å². The molecule has 24 heavy (non-hydrogen) atoms. The van der Waals surface area contributed by atoms with Gasteiger partial charge < -0.3 is 18.9 Å². The minimum Gasteiger partial charge on any atom is -0.497 e. The van der Waals surface area contributed by atoms with E-state index in [1.807, 2.05) is 18.2 Å². The third-order valence-electron chi connectivity index (χ3n) is 4.39. The molecule has 1 aliphatic heterocycles. The van der Waals surface area contributed by atoms with Crippen molar-refractivity contribution in [3.63, 3.8) is 0 Å². The number of nitrogens with zero attached hydrogens (tertiary/aromatic N) is 4. The standard InChI is InChI=1S/C17H24N4O3/c1-4-20-7-9-21(10-8-20)12-16-18-17(19-24-16)14-6-5-13(22-2)11-15(14)23-3/h5-6,11H,4,7-10,12H2,1-3H3. The highest BCUT2D eigenvalue weighted by atomic mass is 16.5. The van der Waals surface area contributed by atoms with Gasteiger partial charge in [-0.2, -0.15) is 4.98 Å². The number of methoxy groups -OCH3 is 2. The molecule has 1 aromatic heterocycles. The molecule has 1 fully saturated rings. The lowest BCUT2D eigenvalue weighted by Gasteiger charge is -2.33. The maximum atomic E-state index is 5.43. The molecule has 0 atom stereocenters. The van der Waals surface area contributed by atoms with E-state index in [0.29, 0.717) is 24.0 Å². The van der Waals surface area contributed by atoms with Gasteiger partial charge in [0.2, 0.25) is 11.7 Å². The van der Waals surface area contributed by atoms with Crippen LogP contribution in [0, 0.1) is 0 Å². The summed E-state index contributed by atoms with van der Waals surface area (Å²) in [7, 11) is 3.24. The van der Waals surface area contributed by atoms with Gasteiger partial charge >= 0.3 is 0 Å². The number of aromatic nitrogens is 2. The summed E-state index contributed by atoms with van der Waals surface area (Å²) in [6.07, 6.45) is 0. The third-order valence-corrected chi connectivity index (χ3v) is 4.39. The lowest BCUT2D eigenvalue weighted by molar-refractivity contribution is 0.121. The van der Waals surface area contributed by atoms with Gasteiger partial charge in [0.15, 0.2) is 0 Å². The highest BCUT2D eigenvalue weighted by molar-refractivity contribution is 5.65. The number of hydrogen-bond acceptors (Lipinski definition) is 7. The molecule has 0 amide bonds. The van der Waals surface area contributed by atoms with Crippen molar-refractivity contribution in [3.8, 4) is 22.9 Å². The molecule has 7 nitrogen and oxygen atoms in total. The van der Waals surface area contributed by atoms with Crippen molar-refractivity contribution in [3.05, 3.63) is 24.1 Å². The summed E-state index contributed by atoms with van der Waals surface area (Å²) in [5.41, 5.74) is 0.795. The van der Waals surface area contributed by atoms with Crippen LogP contribution >= 0.6 is 0 Å². The van der Waals surface area contributed by atoms with E-state index in [1.165, 1.54) is 0 Å². The Morgan fingerprint density at radius 2 is 1.83 bits per heavy atom. The minimum absolute atomic E-state index is 0.539. The highest BCUT2D eigenvalue weighted by Gasteiger charge is 2.19. The molecule has 3 rings (SSSR count). The Kier molecular flexibility index (Phi) is 5.32. The van der Waals surface area contributed by atoms with Crippen LogP contribution in [0.2, 0.25) is 0 Å². The summed E-state index contributed by atoms with van der Waals surface area (Å²) in [5.74, 6) is 2.57. The average molecular weight is 332 g/mol. The summed E-state index contributed by atoms with van der Waals surface area (Å²) in [4.78, 5) is 9.31. The molecule has 1 saturated heterocycles. The van der Waals surface area contributed by atoms with Crippen LogP contribution in [0.3, 0.4) is 0 Å². The Morgan fingerprint density at radius 1 is 1.08 bits per heavy atom. The van der Waals surface area contributed by atoms with Crippen LogP contribution in [0.5, 0.6) is 11.5 Å². The van der Waals surface area contributed by atoms with Crippen LogP contribution < -0.4 is 9.47 Å². The van der Waals surface area contributed by atoms with Crippen molar-refractivity contribution in [2.75, 3.05) is 46.9 Å². The number of benzene rings is 1. The number of likely N-dealkylation sites (N-methyl/N-ethyl adjacent to an activating group) is 1. The molecule has 0 bridgehead atoms. The zero-order valence-corrected chi connectivity index (χ0v) is 14.5. The van der Waals surface area contributed by atoms with E-state index in [0.717, 1.165) is 44.0 Å². The van der Waals surface area contributed by atoms with Gasteiger partial charge in [0.1, 0.15) is 11.5 Å². The Bertz CT molecular complexity index is 666. The Balaban J connectivity index is 1.70. The molecule has 1 aliphatic rings. The van der Waals surface area contributed by atoms with Crippen molar-refractivity contribution in [1.29, 1.82) is 0 Å². The van der Waals surface area contributed by atoms with Gasteiger partial charge in [-0.15, -0.1) is 0 Å². The largest absolute Gasteiger partial charge is 0.497 e. The third kappa shape index (κ3) is 3.68. The number of ether oxygens (including phenoxy) is 2. The Hall–Kier alpha value is -2.12. The van der Waals surface area contributed by atoms with Crippen LogP contribution in [0.4, 0.5) is 0 Å². The second kappa shape index (κ2) is 7.63. The Morgan fingerprint density at radius 3 is 2.50 bits per heavy atom. The zero-order chi connectivity index (χ0) is 16.9. The molecule has 0 radical (unpaired) electrons. The zero-order valence-electron chi connectivity index (χ0n) is 14.5.